The maximum absolute atomic E-state index is 11.9. The summed E-state index contributed by atoms with van der Waals surface area (Å²) in [5, 5.41) is 0. The molecule has 0 saturated carbocycles. The molecule has 0 spiro atoms. The van der Waals surface area contributed by atoms with E-state index in [0.717, 1.165) is 0 Å². The van der Waals surface area contributed by atoms with E-state index in [9.17, 15) is 18.0 Å². The first-order chi connectivity index (χ1) is 8.27. The first-order valence-corrected chi connectivity index (χ1v) is 7.51. The van der Waals surface area contributed by atoms with Crippen molar-refractivity contribution in [1.29, 1.82) is 0 Å². The first kappa shape index (κ1) is 14.9. The summed E-state index contributed by atoms with van der Waals surface area (Å²) >= 11 is 0.601. The van der Waals surface area contributed by atoms with E-state index in [1.165, 1.54) is 11.8 Å². The second-order valence-corrected chi connectivity index (χ2v) is 6.60. The van der Waals surface area contributed by atoms with E-state index < -0.39 is 14.9 Å². The lowest BCUT2D eigenvalue weighted by molar-refractivity contribution is -0.128. The number of nitrogens with zero attached hydrogens (tertiary/aromatic N) is 1. The fourth-order valence-electron chi connectivity index (χ4n) is 1.18. The third-order valence-electron chi connectivity index (χ3n) is 2.34. The Morgan fingerprint density at radius 2 is 2.11 bits per heavy atom. The number of carbonyl (C=O) groups excluding carboxylic acids is 1. The van der Waals surface area contributed by atoms with Crippen LogP contribution in [0.15, 0.2) is 9.00 Å². The summed E-state index contributed by atoms with van der Waals surface area (Å²) in [4.78, 5) is 25.9. The molecule has 1 aromatic rings. The van der Waals surface area contributed by atoms with Crippen LogP contribution < -0.4 is 9.60 Å². The largest absolute Gasteiger partial charge is 0.345 e. The molecular weight excluding hydrogens is 278 g/mol. The number of aromatic amines is 1. The van der Waals surface area contributed by atoms with Crippen molar-refractivity contribution < 1.29 is 13.2 Å². The minimum atomic E-state index is -3.82. The third-order valence-corrected chi connectivity index (χ3v) is 5.34. The predicted molar refractivity (Wildman–Crippen MR) is 68.2 cm³/mol. The van der Waals surface area contributed by atoms with Crippen LogP contribution >= 0.6 is 11.3 Å². The number of amides is 1. The highest BCUT2D eigenvalue weighted by Gasteiger charge is 2.21. The van der Waals surface area contributed by atoms with E-state index in [2.05, 4.69) is 9.71 Å². The van der Waals surface area contributed by atoms with Crippen LogP contribution in [0.1, 0.15) is 12.6 Å². The fraction of sp³-hybridized carbons (Fsp3) is 0.556. The second-order valence-electron chi connectivity index (χ2n) is 3.66. The monoisotopic (exact) mass is 293 g/mol. The summed E-state index contributed by atoms with van der Waals surface area (Å²) < 4.78 is 25.8. The van der Waals surface area contributed by atoms with Crippen molar-refractivity contribution in [3.05, 3.63) is 15.4 Å². The summed E-state index contributed by atoms with van der Waals surface area (Å²) in [6, 6.07) is 0. The molecule has 0 unspecified atom stereocenters. The molecule has 1 heterocycles. The van der Waals surface area contributed by atoms with Crippen molar-refractivity contribution >= 4 is 27.3 Å². The van der Waals surface area contributed by atoms with Gasteiger partial charge in [0.2, 0.25) is 5.91 Å². The fourth-order valence-corrected chi connectivity index (χ4v) is 3.50. The summed E-state index contributed by atoms with van der Waals surface area (Å²) in [6.45, 7) is 3.45. The Hall–Kier alpha value is -1.19. The molecule has 0 saturated heterocycles. The van der Waals surface area contributed by atoms with Crippen LogP contribution in [0.4, 0.5) is 0 Å². The second kappa shape index (κ2) is 5.63. The van der Waals surface area contributed by atoms with Crippen LogP contribution in [0.25, 0.3) is 0 Å². The average Bonchev–Trinajstić information content (AvgIpc) is 2.65. The highest BCUT2D eigenvalue weighted by Crippen LogP contribution is 2.14. The smallest absolute Gasteiger partial charge is 0.305 e. The van der Waals surface area contributed by atoms with Crippen LogP contribution in [-0.2, 0) is 14.8 Å². The van der Waals surface area contributed by atoms with Gasteiger partial charge in [-0.05, 0) is 13.8 Å². The van der Waals surface area contributed by atoms with Crippen LogP contribution in [0.2, 0.25) is 0 Å². The highest BCUT2D eigenvalue weighted by molar-refractivity contribution is 7.91. The number of hydrogen-bond donors (Lipinski definition) is 2. The van der Waals surface area contributed by atoms with Gasteiger partial charge < -0.3 is 9.88 Å². The normalized spacial score (nSPS) is 11.5. The van der Waals surface area contributed by atoms with Crippen LogP contribution in [0.5, 0.6) is 0 Å². The minimum absolute atomic E-state index is 0.0838. The molecule has 1 aromatic heterocycles. The zero-order chi connectivity index (χ0) is 13.9. The van der Waals surface area contributed by atoms with Crippen molar-refractivity contribution in [3.63, 3.8) is 0 Å². The van der Waals surface area contributed by atoms with Gasteiger partial charge in [-0.15, -0.1) is 0 Å². The Morgan fingerprint density at radius 1 is 1.50 bits per heavy atom. The molecular formula is C9H15N3O4S2. The van der Waals surface area contributed by atoms with Crippen molar-refractivity contribution in [2.75, 3.05) is 20.1 Å². The van der Waals surface area contributed by atoms with Crippen molar-refractivity contribution in [2.45, 2.75) is 18.1 Å². The van der Waals surface area contributed by atoms with E-state index in [-0.39, 0.29) is 22.4 Å². The van der Waals surface area contributed by atoms with E-state index in [4.69, 9.17) is 0 Å². The molecule has 0 radical (unpaired) electrons. The van der Waals surface area contributed by atoms with Gasteiger partial charge in [-0.1, -0.05) is 11.3 Å². The third kappa shape index (κ3) is 3.40. The van der Waals surface area contributed by atoms with Gasteiger partial charge in [0.15, 0.2) is 4.21 Å². The molecule has 2 N–H and O–H groups in total. The molecule has 0 aliphatic rings. The molecule has 7 nitrogen and oxygen atoms in total. The van der Waals surface area contributed by atoms with Crippen LogP contribution in [0.3, 0.4) is 0 Å². The number of thiazole rings is 1. The van der Waals surface area contributed by atoms with E-state index in [1.807, 2.05) is 0 Å². The lowest BCUT2D eigenvalue weighted by atomic mass is 10.5. The maximum atomic E-state index is 11.9. The number of hydrogen-bond acceptors (Lipinski definition) is 5. The molecule has 0 atom stereocenters. The Balaban J connectivity index is 2.81. The van der Waals surface area contributed by atoms with Gasteiger partial charge in [-0.2, -0.15) is 0 Å². The number of nitrogens with one attached hydrogen (secondary N) is 2. The predicted octanol–water partition coefficient (Wildman–Crippen LogP) is -0.499. The molecule has 18 heavy (non-hydrogen) atoms. The van der Waals surface area contributed by atoms with E-state index in [1.54, 1.807) is 14.0 Å². The topological polar surface area (TPSA) is 99.3 Å². The van der Waals surface area contributed by atoms with Gasteiger partial charge in [0.1, 0.15) is 0 Å². The first-order valence-electron chi connectivity index (χ1n) is 5.21. The zero-order valence-corrected chi connectivity index (χ0v) is 11.9. The van der Waals surface area contributed by atoms with Gasteiger partial charge in [0.05, 0.1) is 6.54 Å². The van der Waals surface area contributed by atoms with Gasteiger partial charge >= 0.3 is 4.87 Å². The van der Waals surface area contributed by atoms with Gasteiger partial charge in [-0.3, -0.25) is 9.59 Å². The molecule has 0 aromatic carbocycles. The summed E-state index contributed by atoms with van der Waals surface area (Å²) in [5.74, 6) is -0.332. The summed E-state index contributed by atoms with van der Waals surface area (Å²) in [7, 11) is -2.24. The quantitative estimate of drug-likeness (QED) is 0.764. The molecule has 1 rings (SSSR count). The number of aromatic nitrogens is 1. The molecule has 0 bridgehead atoms. The summed E-state index contributed by atoms with van der Waals surface area (Å²) in [5.41, 5.74) is 0.272. The van der Waals surface area contributed by atoms with Crippen molar-refractivity contribution in [3.8, 4) is 0 Å². The molecule has 0 fully saturated rings. The number of likely N-dealkylation sites (N-methyl/N-ethyl adjacent to an activating group) is 1. The van der Waals surface area contributed by atoms with Crippen molar-refractivity contribution in [1.82, 2.24) is 14.6 Å². The average molecular weight is 293 g/mol. The highest BCUT2D eigenvalue weighted by atomic mass is 32.2. The zero-order valence-electron chi connectivity index (χ0n) is 10.3. The lowest BCUT2D eigenvalue weighted by Gasteiger charge is -2.14. The van der Waals surface area contributed by atoms with Gasteiger partial charge in [-0.25, -0.2) is 13.1 Å². The van der Waals surface area contributed by atoms with Crippen molar-refractivity contribution in [2.24, 2.45) is 0 Å². The van der Waals surface area contributed by atoms with Gasteiger partial charge in [0, 0.05) is 19.3 Å². The van der Waals surface area contributed by atoms with E-state index in [0.29, 0.717) is 17.9 Å². The number of aryl methyl sites for hydroxylation is 1. The van der Waals surface area contributed by atoms with Crippen LogP contribution in [0, 0.1) is 6.92 Å². The Morgan fingerprint density at radius 3 is 2.56 bits per heavy atom. The molecule has 0 aliphatic carbocycles. The van der Waals surface area contributed by atoms with Crippen LogP contribution in [-0.4, -0.2) is 44.3 Å². The Labute approximate surface area is 109 Å². The number of rotatable bonds is 5. The van der Waals surface area contributed by atoms with Gasteiger partial charge in [0.25, 0.3) is 10.0 Å². The maximum Gasteiger partial charge on any atom is 0.305 e. The molecule has 1 amide bonds. The Kier molecular flexibility index (Phi) is 4.65. The lowest BCUT2D eigenvalue weighted by Crippen LogP contribution is -2.37. The standard InChI is InChI=1S/C9H15N3O4S2/c1-4-12(3)7(13)5-10-18(15,16)8-6(2)11-9(14)17-8/h10H,4-5H2,1-3H3,(H,11,14). The number of carbonyl (C=O) groups is 1. The SMILES string of the molecule is CCN(C)C(=O)CNS(=O)(=O)c1sc(=O)[nH]c1C. The Bertz CT molecular complexity index is 587. The molecule has 102 valence electrons. The van der Waals surface area contributed by atoms with E-state index >= 15 is 0 Å². The number of H-pyrrole nitrogens is 1. The number of sulfonamides is 1. The summed E-state index contributed by atoms with van der Waals surface area (Å²) in [6.07, 6.45) is 0. The molecule has 0 aliphatic heterocycles. The molecule has 9 heteroatoms. The minimum Gasteiger partial charge on any atom is -0.345 e.